The second-order valence-corrected chi connectivity index (χ2v) is 9.24. The van der Waals surface area contributed by atoms with Crippen LogP contribution in [-0.4, -0.2) is 46.7 Å². The first-order valence-corrected chi connectivity index (χ1v) is 11.4. The van der Waals surface area contributed by atoms with Crippen molar-refractivity contribution in [3.05, 3.63) is 29.8 Å². The maximum Gasteiger partial charge on any atom is 0.408 e. The minimum atomic E-state index is -1.10. The Bertz CT molecular complexity index is 805. The van der Waals surface area contributed by atoms with E-state index in [9.17, 15) is 19.2 Å². The van der Waals surface area contributed by atoms with Crippen molar-refractivity contribution >= 4 is 45.5 Å². The van der Waals surface area contributed by atoms with Gasteiger partial charge in [-0.15, -0.1) is 0 Å². The number of rotatable bonds is 10. The number of ether oxygens (including phenoxy) is 1. The Kier molecular flexibility index (Phi) is 10.6. The Hall–Kier alpha value is -2.62. The van der Waals surface area contributed by atoms with Gasteiger partial charge in [-0.3, -0.25) is 14.4 Å². The number of carboxylic acid groups (broad SMARTS) is 1. The molecule has 1 rings (SSSR count). The van der Waals surface area contributed by atoms with Crippen LogP contribution in [0.15, 0.2) is 24.3 Å². The number of alkyl carbamates (subject to hydrolysis) is 1. The molecular weight excluding hydrogens is 482 g/mol. The van der Waals surface area contributed by atoms with Crippen molar-refractivity contribution in [2.45, 2.75) is 70.5 Å². The maximum atomic E-state index is 12.9. The zero-order chi connectivity index (χ0) is 24.5. The normalized spacial score (nSPS) is 13.1. The van der Waals surface area contributed by atoms with E-state index in [0.29, 0.717) is 11.0 Å². The molecule has 2 atom stereocenters. The summed E-state index contributed by atoms with van der Waals surface area (Å²) in [5.74, 6) is -2.55. The van der Waals surface area contributed by atoms with Crippen LogP contribution in [0.3, 0.4) is 0 Å². The molecule has 0 aromatic heterocycles. The molecule has 9 nitrogen and oxygen atoms in total. The lowest BCUT2D eigenvalue weighted by Gasteiger charge is -2.27. The number of aliphatic carboxylic acids is 1. The Balaban J connectivity index is 2.93. The molecule has 0 aliphatic heterocycles. The van der Waals surface area contributed by atoms with Crippen LogP contribution in [0, 0.1) is 5.92 Å². The topological polar surface area (TPSA) is 134 Å². The molecule has 4 N–H and O–H groups in total. The number of halogens is 1. The van der Waals surface area contributed by atoms with Gasteiger partial charge in [0.05, 0.1) is 0 Å². The highest BCUT2D eigenvalue weighted by Crippen LogP contribution is 2.14. The standard InChI is InChI=1S/C22H32BrN3O6/c1-13(2)18(26-21(31)32-22(3,4)5)20(30)25-16(10-11-17(27)28)19(29)24-15-8-6-14(12-23)7-9-15/h6-9,13,16,18H,10-12H2,1-5H3,(H,24,29)(H,25,30)(H,26,31)(H,27,28). The van der Waals surface area contributed by atoms with Crippen molar-refractivity contribution < 1.29 is 29.0 Å². The summed E-state index contributed by atoms with van der Waals surface area (Å²) >= 11 is 3.35. The van der Waals surface area contributed by atoms with Crippen LogP contribution in [0.1, 0.15) is 53.0 Å². The lowest BCUT2D eigenvalue weighted by molar-refractivity contribution is -0.137. The largest absolute Gasteiger partial charge is 0.481 e. The molecule has 0 radical (unpaired) electrons. The summed E-state index contributed by atoms with van der Waals surface area (Å²) in [5, 5.41) is 17.5. The fourth-order valence-electron chi connectivity index (χ4n) is 2.67. The number of hydrogen-bond donors (Lipinski definition) is 4. The number of nitrogens with one attached hydrogen (secondary N) is 3. The zero-order valence-corrected chi connectivity index (χ0v) is 20.6. The van der Waals surface area contributed by atoms with E-state index in [1.165, 1.54) is 0 Å². The van der Waals surface area contributed by atoms with E-state index in [4.69, 9.17) is 9.84 Å². The lowest BCUT2D eigenvalue weighted by atomic mass is 10.0. The third-order valence-electron chi connectivity index (χ3n) is 4.28. The number of carboxylic acids is 1. The van der Waals surface area contributed by atoms with Crippen molar-refractivity contribution in [2.75, 3.05) is 5.32 Å². The van der Waals surface area contributed by atoms with Crippen LogP contribution in [0.25, 0.3) is 0 Å². The number of carbonyl (C=O) groups is 4. The maximum absolute atomic E-state index is 12.9. The predicted octanol–water partition coefficient (Wildman–Crippen LogP) is 3.42. The van der Waals surface area contributed by atoms with Crippen LogP contribution in [0.4, 0.5) is 10.5 Å². The molecule has 178 valence electrons. The molecule has 3 amide bonds. The first kappa shape index (κ1) is 27.4. The Morgan fingerprint density at radius 2 is 1.62 bits per heavy atom. The van der Waals surface area contributed by atoms with Gasteiger partial charge in [-0.05, 0) is 50.8 Å². The highest BCUT2D eigenvalue weighted by Gasteiger charge is 2.30. The third-order valence-corrected chi connectivity index (χ3v) is 4.92. The van der Waals surface area contributed by atoms with Gasteiger partial charge in [0, 0.05) is 17.4 Å². The minimum absolute atomic E-state index is 0.107. The monoisotopic (exact) mass is 513 g/mol. The Morgan fingerprint density at radius 1 is 1.03 bits per heavy atom. The lowest BCUT2D eigenvalue weighted by Crippen LogP contribution is -2.55. The van der Waals surface area contributed by atoms with Crippen molar-refractivity contribution in [1.29, 1.82) is 0 Å². The summed E-state index contributed by atoms with van der Waals surface area (Å²) in [6, 6.07) is 5.01. The van der Waals surface area contributed by atoms with Gasteiger partial charge in [0.25, 0.3) is 0 Å². The average Bonchev–Trinajstić information content (AvgIpc) is 2.67. The van der Waals surface area contributed by atoms with Crippen LogP contribution < -0.4 is 16.0 Å². The quantitative estimate of drug-likeness (QED) is 0.354. The second-order valence-electron chi connectivity index (χ2n) is 8.68. The van der Waals surface area contributed by atoms with Gasteiger partial charge in [0.2, 0.25) is 11.8 Å². The Labute approximate surface area is 196 Å². The fourth-order valence-corrected chi connectivity index (χ4v) is 3.05. The van der Waals surface area contributed by atoms with Gasteiger partial charge >= 0.3 is 12.1 Å². The molecule has 0 spiro atoms. The van der Waals surface area contributed by atoms with E-state index >= 15 is 0 Å². The third kappa shape index (κ3) is 10.1. The number of benzene rings is 1. The SMILES string of the molecule is CC(C)C(NC(=O)OC(C)(C)C)C(=O)NC(CCC(=O)O)C(=O)Nc1ccc(CBr)cc1. The molecule has 0 saturated heterocycles. The van der Waals surface area contributed by atoms with E-state index in [1.807, 2.05) is 12.1 Å². The average molecular weight is 514 g/mol. The molecular formula is C22H32BrN3O6. The van der Waals surface area contributed by atoms with Crippen LogP contribution >= 0.6 is 15.9 Å². The smallest absolute Gasteiger partial charge is 0.408 e. The van der Waals surface area contributed by atoms with Crippen molar-refractivity contribution in [3.63, 3.8) is 0 Å². The first-order chi connectivity index (χ1) is 14.8. The van der Waals surface area contributed by atoms with Crippen LogP contribution in [-0.2, 0) is 24.5 Å². The highest BCUT2D eigenvalue weighted by atomic mass is 79.9. The summed E-state index contributed by atoms with van der Waals surface area (Å²) < 4.78 is 5.21. The van der Waals surface area contributed by atoms with Gasteiger partial charge in [-0.25, -0.2) is 4.79 Å². The summed E-state index contributed by atoms with van der Waals surface area (Å²) in [6.07, 6.45) is -1.18. The predicted molar refractivity (Wildman–Crippen MR) is 124 cm³/mol. The highest BCUT2D eigenvalue weighted by molar-refractivity contribution is 9.08. The Morgan fingerprint density at radius 3 is 2.09 bits per heavy atom. The van der Waals surface area contributed by atoms with Gasteiger partial charge < -0.3 is 25.8 Å². The van der Waals surface area contributed by atoms with E-state index in [0.717, 1.165) is 5.56 Å². The molecule has 2 unspecified atom stereocenters. The second kappa shape index (κ2) is 12.4. The zero-order valence-electron chi connectivity index (χ0n) is 19.0. The summed E-state index contributed by atoms with van der Waals surface area (Å²) in [4.78, 5) is 48.8. The molecule has 0 aliphatic carbocycles. The number of anilines is 1. The molecule has 32 heavy (non-hydrogen) atoms. The molecule has 1 aromatic carbocycles. The van der Waals surface area contributed by atoms with Crippen molar-refractivity contribution in [2.24, 2.45) is 5.92 Å². The number of amides is 3. The summed E-state index contributed by atoms with van der Waals surface area (Å²) in [5.41, 5.74) is 0.796. The van der Waals surface area contributed by atoms with Gasteiger partial charge in [-0.1, -0.05) is 41.9 Å². The van der Waals surface area contributed by atoms with Crippen LogP contribution in [0.5, 0.6) is 0 Å². The first-order valence-electron chi connectivity index (χ1n) is 10.3. The summed E-state index contributed by atoms with van der Waals surface area (Å²) in [7, 11) is 0. The van der Waals surface area contributed by atoms with Crippen LogP contribution in [0.2, 0.25) is 0 Å². The van der Waals surface area contributed by atoms with E-state index in [-0.39, 0.29) is 18.8 Å². The molecule has 0 saturated carbocycles. The molecule has 0 fully saturated rings. The fraction of sp³-hybridized carbons (Fsp3) is 0.545. The number of alkyl halides is 1. The molecule has 0 heterocycles. The minimum Gasteiger partial charge on any atom is -0.481 e. The van der Waals surface area contributed by atoms with E-state index in [1.54, 1.807) is 46.8 Å². The van der Waals surface area contributed by atoms with Gasteiger partial charge in [-0.2, -0.15) is 0 Å². The number of carbonyl (C=O) groups excluding carboxylic acids is 3. The van der Waals surface area contributed by atoms with Crippen molar-refractivity contribution in [1.82, 2.24) is 10.6 Å². The van der Waals surface area contributed by atoms with Gasteiger partial charge in [0.1, 0.15) is 17.7 Å². The molecule has 0 bridgehead atoms. The van der Waals surface area contributed by atoms with E-state index in [2.05, 4.69) is 31.9 Å². The van der Waals surface area contributed by atoms with E-state index < -0.39 is 41.6 Å². The number of hydrogen-bond acceptors (Lipinski definition) is 5. The van der Waals surface area contributed by atoms with Crippen molar-refractivity contribution in [3.8, 4) is 0 Å². The molecule has 0 aliphatic rings. The molecule has 10 heteroatoms. The molecule has 1 aromatic rings. The van der Waals surface area contributed by atoms with Gasteiger partial charge in [0.15, 0.2) is 0 Å². The summed E-state index contributed by atoms with van der Waals surface area (Å²) in [6.45, 7) is 8.58.